The fourth-order valence-corrected chi connectivity index (χ4v) is 15.6. The van der Waals surface area contributed by atoms with Crippen molar-refractivity contribution in [1.29, 1.82) is 0 Å². The summed E-state index contributed by atoms with van der Waals surface area (Å²) in [5, 5.41) is 96.0. The molecule has 6 aromatic rings. The number of aliphatic hydroxyl groups is 3. The van der Waals surface area contributed by atoms with E-state index in [-0.39, 0.29) is 83.0 Å². The van der Waals surface area contributed by atoms with Crippen molar-refractivity contribution in [3.05, 3.63) is 174 Å². The Morgan fingerprint density at radius 1 is 0.466 bits per heavy atom. The molecule has 42 nitrogen and oxygen atoms in total. The van der Waals surface area contributed by atoms with Crippen molar-refractivity contribution in [2.75, 3.05) is 37.7 Å². The average Bonchev–Trinajstić information content (AvgIpc) is 1.61. The first-order valence-corrected chi connectivity index (χ1v) is 44.6. The second-order valence-electron chi connectivity index (χ2n) is 31.0. The number of nitrogens with two attached hydrogens (primary N) is 4. The summed E-state index contributed by atoms with van der Waals surface area (Å²) >= 11 is 0. The molecular formula is C87H117N19O23S2. The monoisotopic (exact) mass is 1860 g/mol. The van der Waals surface area contributed by atoms with Crippen LogP contribution in [0.4, 0.5) is 0 Å². The van der Waals surface area contributed by atoms with Crippen LogP contribution < -0.4 is 97.4 Å². The third kappa shape index (κ3) is 36.8. The molecule has 0 spiro atoms. The standard InChI is InChI=1S/C85H113N19O21S2.C2H4O2/c1-46(92-73(112)56(88)35-52-29-31-54(108)32-30-52)72(111)91-42-69(110)93-66-44-126-127-45-67(85(124)125)102-81(120)65(43-105)101-84(123)71(48(3)107)104-80(119)62(38-51-23-11-6-12-24-51)100-83(122)70(47(2)106)103-75(114)59(28-16-18-34-87)94-78(117)63(39-53-41-90-57-26-14-13-25-55(53)57)98-77(116)61(37-50-21-9-5-10-22-50)96-76(115)60(36-49-19-7-4-8-20-49)97-79(118)64(40-68(89)109)99-74(113)58(95-82(66)121)27-15-17-33-86;1-2(3)4/h4-14,19-26,29-32,41,46-48,56,58-67,70-71,90,105-108H,15-18,27-28,33-40,42-45,86-88H2,1-3H3,(H2,89,109)(H,91,111)(H,92,112)(H,93,110)(H,94,117)(H,95,121)(H,96,115)(H,97,118)(H,98,116)(H,99,113)(H,100,122)(H,101,123)(H,102,120)(H,103,114)(H,104,119)(H,124,125);1H3,(H,3,4)/t46-,47+,48+,56-,58-,59-,60-,61-,62-,63-,64-,65-,66-,67-,70-,71-;/m0./s1. The summed E-state index contributed by atoms with van der Waals surface area (Å²) in [6, 6.07) is 13.4. The number of carboxylic acid groups (broad SMARTS) is 2. The van der Waals surface area contributed by atoms with E-state index in [4.69, 9.17) is 32.8 Å². The average molecular weight is 1860 g/mol. The number of carbonyl (C=O) groups is 17. The van der Waals surface area contributed by atoms with E-state index in [9.17, 15) is 87.9 Å². The highest BCUT2D eigenvalue weighted by Gasteiger charge is 2.40. The van der Waals surface area contributed by atoms with Crippen molar-refractivity contribution >= 4 is 133 Å². The van der Waals surface area contributed by atoms with Crippen LogP contribution >= 0.6 is 21.6 Å². The minimum Gasteiger partial charge on any atom is -0.508 e. The Bertz CT molecular complexity index is 4850. The molecule has 1 aliphatic heterocycles. The highest BCUT2D eigenvalue weighted by Crippen LogP contribution is 2.25. The molecule has 131 heavy (non-hydrogen) atoms. The van der Waals surface area contributed by atoms with Gasteiger partial charge in [-0.1, -0.05) is 143 Å². The van der Waals surface area contributed by atoms with Gasteiger partial charge in [0.15, 0.2) is 0 Å². The fourth-order valence-electron chi connectivity index (χ4n) is 13.3. The van der Waals surface area contributed by atoms with E-state index in [1.807, 2.05) is 0 Å². The number of aromatic amines is 1. The molecule has 0 unspecified atom stereocenters. The van der Waals surface area contributed by atoms with E-state index in [1.54, 1.807) is 134 Å². The summed E-state index contributed by atoms with van der Waals surface area (Å²) < 4.78 is 0. The number of carboxylic acids is 2. The van der Waals surface area contributed by atoms with Crippen LogP contribution in [0.3, 0.4) is 0 Å². The molecule has 1 saturated heterocycles. The summed E-state index contributed by atoms with van der Waals surface area (Å²) in [4.78, 5) is 242. The van der Waals surface area contributed by atoms with Crippen LogP contribution in [0.5, 0.6) is 5.75 Å². The lowest BCUT2D eigenvalue weighted by Gasteiger charge is -2.29. The van der Waals surface area contributed by atoms with Crippen LogP contribution in [-0.2, 0) is 114 Å². The van der Waals surface area contributed by atoms with Crippen LogP contribution in [0.15, 0.2) is 146 Å². The van der Waals surface area contributed by atoms with Crippen molar-refractivity contribution in [1.82, 2.24) is 79.4 Å². The predicted octanol–water partition coefficient (Wildman–Crippen LogP) is -4.39. The smallest absolute Gasteiger partial charge is 0.327 e. The van der Waals surface area contributed by atoms with E-state index >= 15 is 14.4 Å². The van der Waals surface area contributed by atoms with Gasteiger partial charge in [-0.2, -0.15) is 0 Å². The second kappa shape index (κ2) is 55.0. The minimum atomic E-state index is -2.01. The number of para-hydroxylation sites is 1. The van der Waals surface area contributed by atoms with Crippen LogP contribution in [0.25, 0.3) is 10.9 Å². The van der Waals surface area contributed by atoms with E-state index in [0.717, 1.165) is 31.6 Å². The number of amides is 15. The molecule has 0 bridgehead atoms. The first-order valence-electron chi connectivity index (χ1n) is 42.1. The highest BCUT2D eigenvalue weighted by molar-refractivity contribution is 8.76. The van der Waals surface area contributed by atoms with Crippen LogP contribution in [-0.4, -0.2) is 271 Å². The zero-order valence-electron chi connectivity index (χ0n) is 72.6. The summed E-state index contributed by atoms with van der Waals surface area (Å²) in [7, 11) is 1.41. The Balaban J connectivity index is 0.00000646. The predicted molar refractivity (Wildman–Crippen MR) is 482 cm³/mol. The first-order chi connectivity index (χ1) is 62.4. The highest BCUT2D eigenvalue weighted by atomic mass is 33.1. The molecule has 16 atom stereocenters. The fraction of sp³-hybridized carbons (Fsp3) is 0.437. The number of aromatic nitrogens is 1. The van der Waals surface area contributed by atoms with E-state index in [2.05, 4.69) is 79.4 Å². The molecule has 0 saturated carbocycles. The maximum atomic E-state index is 15.5. The van der Waals surface area contributed by atoms with Gasteiger partial charge in [-0.05, 0) is 125 Å². The van der Waals surface area contributed by atoms with E-state index in [1.165, 1.54) is 19.1 Å². The van der Waals surface area contributed by atoms with Gasteiger partial charge in [0.25, 0.3) is 5.97 Å². The topological polar surface area (TPSA) is 700 Å². The number of unbranched alkanes of at least 4 members (excludes halogenated alkanes) is 2. The Morgan fingerprint density at radius 3 is 1.33 bits per heavy atom. The van der Waals surface area contributed by atoms with Gasteiger partial charge in [0.1, 0.15) is 84.3 Å². The van der Waals surface area contributed by atoms with Gasteiger partial charge in [-0.3, -0.25) is 76.7 Å². The van der Waals surface area contributed by atoms with Gasteiger partial charge in [0.05, 0.1) is 37.8 Å². The Morgan fingerprint density at radius 2 is 0.863 bits per heavy atom. The maximum Gasteiger partial charge on any atom is 0.327 e. The molecule has 5 aromatic carbocycles. The number of nitrogens with one attached hydrogen (secondary N) is 15. The van der Waals surface area contributed by atoms with Gasteiger partial charge in [-0.25, -0.2) is 4.79 Å². The lowest BCUT2D eigenvalue weighted by Crippen LogP contribution is -2.63. The van der Waals surface area contributed by atoms with Gasteiger partial charge in [-0.15, -0.1) is 0 Å². The molecule has 44 heteroatoms. The number of hydrogen-bond donors (Lipinski definition) is 25. The third-order valence-electron chi connectivity index (χ3n) is 20.3. The molecule has 0 aliphatic carbocycles. The maximum absolute atomic E-state index is 15.5. The molecule has 2 heterocycles. The number of carbonyl (C=O) groups excluding carboxylic acids is 15. The largest absolute Gasteiger partial charge is 0.508 e. The van der Waals surface area contributed by atoms with Crippen LogP contribution in [0.2, 0.25) is 0 Å². The van der Waals surface area contributed by atoms with Gasteiger partial charge in [0.2, 0.25) is 88.6 Å². The van der Waals surface area contributed by atoms with Crippen molar-refractivity contribution < 1.29 is 112 Å². The number of phenols is 1. The molecule has 1 aliphatic rings. The lowest BCUT2D eigenvalue weighted by atomic mass is 10.00. The molecule has 29 N–H and O–H groups in total. The van der Waals surface area contributed by atoms with Crippen molar-refractivity contribution in [3.63, 3.8) is 0 Å². The molecular weight excluding hydrogens is 1740 g/mol. The quantitative estimate of drug-likeness (QED) is 0.0150. The number of benzene rings is 5. The molecule has 0 radical (unpaired) electrons. The minimum absolute atomic E-state index is 0.00424. The molecule has 710 valence electrons. The van der Waals surface area contributed by atoms with Gasteiger partial charge < -0.3 is 133 Å². The SMILES string of the molecule is CC(=O)O.C[C@H](NC(=O)[C@@H](N)Cc1ccc(O)cc1)C(=O)NCC(=O)N[C@H]1CSSC[C@@H](C(=O)O)NC(=O)[C@H](CO)NC(=O)[C@H]([C@@H](C)O)NC(=O)[C@H](Cc2ccccc2)NC(=O)[C@H]([C@@H](C)O)NC(=O)[C@H](CCCCN)NC(=O)[C@H](Cc2c[nH]c3ccccc23)NC(=O)[C@H](Cc2ccccc2)NC(=O)[C@H](Cc2ccccc2)NC(=O)[C@H](CC(N)=O)NC(=O)[C@H](CCCCN)NC1=O. The number of aliphatic hydroxyl groups excluding tert-OH is 3. The van der Waals surface area contributed by atoms with Crippen molar-refractivity contribution in [3.8, 4) is 5.75 Å². The number of aliphatic carboxylic acids is 2. The first kappa shape index (κ1) is 107. The summed E-state index contributed by atoms with van der Waals surface area (Å²) in [6.07, 6.45) is -3.80. The summed E-state index contributed by atoms with van der Waals surface area (Å²) in [5.74, 6) is -20.0. The number of rotatable bonds is 30. The molecule has 1 fully saturated rings. The number of fused-ring (bicyclic) bond motifs is 1. The number of primary amides is 1. The Hall–Kier alpha value is -13.1. The van der Waals surface area contributed by atoms with E-state index < -0.39 is 228 Å². The molecule has 1 aromatic heterocycles. The Labute approximate surface area is 762 Å². The lowest BCUT2D eigenvalue weighted by molar-refractivity contribution is -0.142. The normalized spacial score (nSPS) is 22.3. The van der Waals surface area contributed by atoms with Crippen LogP contribution in [0, 0.1) is 0 Å². The number of aromatic hydroxyl groups is 1. The van der Waals surface area contributed by atoms with E-state index in [0.29, 0.717) is 55.9 Å². The Kier molecular flexibility index (Phi) is 44.8. The summed E-state index contributed by atoms with van der Waals surface area (Å²) in [6.45, 7) is 2.68. The van der Waals surface area contributed by atoms with Gasteiger partial charge in [0, 0.05) is 61.2 Å². The molecule has 15 amide bonds. The number of phenolic OH excluding ortho intramolecular Hbond substituents is 1. The third-order valence-corrected chi connectivity index (χ3v) is 22.8. The van der Waals surface area contributed by atoms with Crippen molar-refractivity contribution in [2.24, 2.45) is 22.9 Å². The number of H-pyrrole nitrogens is 1. The summed E-state index contributed by atoms with van der Waals surface area (Å²) in [5.41, 5.74) is 26.7. The second-order valence-corrected chi connectivity index (χ2v) is 33.6. The number of hydrogen-bond acceptors (Lipinski definition) is 26. The van der Waals surface area contributed by atoms with Gasteiger partial charge >= 0.3 is 5.97 Å². The zero-order chi connectivity index (χ0) is 96.4. The van der Waals surface area contributed by atoms with Crippen LogP contribution in [0.1, 0.15) is 100 Å². The molecule has 7 rings (SSSR count). The van der Waals surface area contributed by atoms with Crippen molar-refractivity contribution in [2.45, 2.75) is 202 Å². The zero-order valence-corrected chi connectivity index (χ0v) is 74.2.